The molecule has 0 aliphatic rings. The molecule has 8 nitrogen and oxygen atoms in total. The summed E-state index contributed by atoms with van der Waals surface area (Å²) in [5.74, 6) is 0.459. The number of nitrogen functional groups attached to an aromatic ring is 1. The number of carbonyl (C=O) groups is 1. The van der Waals surface area contributed by atoms with Gasteiger partial charge in [0.15, 0.2) is 5.13 Å². The summed E-state index contributed by atoms with van der Waals surface area (Å²) in [6, 6.07) is 5.94. The van der Waals surface area contributed by atoms with Crippen molar-refractivity contribution < 1.29 is 4.79 Å². The first-order chi connectivity index (χ1) is 13.0. The predicted octanol–water partition coefficient (Wildman–Crippen LogP) is 4.26. The average molecular weight is 398 g/mol. The van der Waals surface area contributed by atoms with Crippen molar-refractivity contribution in [3.8, 4) is 11.1 Å². The SMILES string of the molecule is C.CNC(=O)Nc1nc2ccc(-c3cn(C(C)C)c4ncnc(N)c34)cc2s1. The molecule has 0 spiro atoms. The van der Waals surface area contributed by atoms with Crippen LogP contribution in [-0.4, -0.2) is 32.6 Å². The summed E-state index contributed by atoms with van der Waals surface area (Å²) in [4.78, 5) is 24.5. The van der Waals surface area contributed by atoms with Crippen molar-refractivity contribution in [1.82, 2.24) is 24.8 Å². The van der Waals surface area contributed by atoms with E-state index in [2.05, 4.69) is 50.2 Å². The number of carbonyl (C=O) groups excluding carboxylic acids is 1. The minimum absolute atomic E-state index is 0. The molecular formula is C19H23N7OS. The first-order valence-electron chi connectivity index (χ1n) is 8.48. The molecule has 146 valence electrons. The van der Waals surface area contributed by atoms with Crippen LogP contribution in [0.3, 0.4) is 0 Å². The van der Waals surface area contributed by atoms with Crippen molar-refractivity contribution in [2.45, 2.75) is 27.3 Å². The monoisotopic (exact) mass is 397 g/mol. The van der Waals surface area contributed by atoms with Crippen LogP contribution < -0.4 is 16.4 Å². The maximum Gasteiger partial charge on any atom is 0.320 e. The number of thiazole rings is 1. The van der Waals surface area contributed by atoms with Gasteiger partial charge in [-0.25, -0.2) is 19.7 Å². The smallest absolute Gasteiger partial charge is 0.320 e. The minimum Gasteiger partial charge on any atom is -0.383 e. The lowest BCUT2D eigenvalue weighted by Gasteiger charge is -2.07. The second-order valence-electron chi connectivity index (χ2n) is 6.41. The van der Waals surface area contributed by atoms with Crippen LogP contribution in [0.2, 0.25) is 0 Å². The van der Waals surface area contributed by atoms with Crippen molar-refractivity contribution in [3.63, 3.8) is 0 Å². The molecule has 1 aromatic carbocycles. The first kappa shape index (κ1) is 19.6. The number of hydrogen-bond donors (Lipinski definition) is 3. The molecule has 0 saturated carbocycles. The Morgan fingerprint density at radius 3 is 2.79 bits per heavy atom. The molecule has 0 aliphatic carbocycles. The zero-order valence-corrected chi connectivity index (χ0v) is 16.0. The number of hydrogen-bond acceptors (Lipinski definition) is 6. The molecule has 4 rings (SSSR count). The van der Waals surface area contributed by atoms with Gasteiger partial charge in [0, 0.05) is 24.8 Å². The fourth-order valence-corrected chi connectivity index (χ4v) is 3.93. The van der Waals surface area contributed by atoms with Crippen LogP contribution in [0.5, 0.6) is 0 Å². The Morgan fingerprint density at radius 2 is 2.07 bits per heavy atom. The van der Waals surface area contributed by atoms with Gasteiger partial charge >= 0.3 is 6.03 Å². The number of nitrogens with zero attached hydrogens (tertiary/aromatic N) is 4. The van der Waals surface area contributed by atoms with Gasteiger partial charge in [0.25, 0.3) is 0 Å². The fraction of sp³-hybridized carbons (Fsp3) is 0.263. The Hall–Kier alpha value is -3.20. The molecule has 4 aromatic rings. The number of nitrogens with one attached hydrogen (secondary N) is 2. The van der Waals surface area contributed by atoms with E-state index in [9.17, 15) is 4.79 Å². The Balaban J connectivity index is 0.00000225. The van der Waals surface area contributed by atoms with Crippen molar-refractivity contribution in [2.24, 2.45) is 0 Å². The zero-order valence-electron chi connectivity index (χ0n) is 15.1. The first-order valence-corrected chi connectivity index (χ1v) is 9.30. The lowest BCUT2D eigenvalue weighted by Crippen LogP contribution is -2.24. The standard InChI is InChI=1S/C18H19N7OS.CH4/c1-9(2)25-7-11(14-15(19)21-8-22-16(14)25)10-4-5-12-13(6-10)27-18(23-12)24-17(26)20-3;/h4-9H,1-3H3,(H2,19,21,22)(H2,20,23,24,26);1H4. The number of benzene rings is 1. The number of fused-ring (bicyclic) bond motifs is 2. The maximum absolute atomic E-state index is 11.5. The molecule has 28 heavy (non-hydrogen) atoms. The van der Waals surface area contributed by atoms with Crippen LogP contribution in [0, 0.1) is 0 Å². The van der Waals surface area contributed by atoms with E-state index in [4.69, 9.17) is 5.73 Å². The molecule has 0 unspecified atom stereocenters. The second kappa shape index (κ2) is 7.43. The van der Waals surface area contributed by atoms with E-state index in [0.29, 0.717) is 10.9 Å². The van der Waals surface area contributed by atoms with Crippen LogP contribution in [0.25, 0.3) is 32.4 Å². The lowest BCUT2D eigenvalue weighted by atomic mass is 10.1. The van der Waals surface area contributed by atoms with Crippen molar-refractivity contribution in [3.05, 3.63) is 30.7 Å². The molecule has 0 saturated heterocycles. The Kier molecular flexibility index (Phi) is 5.19. The Labute approximate surface area is 166 Å². The summed E-state index contributed by atoms with van der Waals surface area (Å²) in [5.41, 5.74) is 9.79. The van der Waals surface area contributed by atoms with Gasteiger partial charge in [-0.1, -0.05) is 24.8 Å². The summed E-state index contributed by atoms with van der Waals surface area (Å²) >= 11 is 1.42. The molecule has 0 atom stereocenters. The predicted molar refractivity (Wildman–Crippen MR) is 116 cm³/mol. The van der Waals surface area contributed by atoms with E-state index in [1.165, 1.54) is 17.7 Å². The van der Waals surface area contributed by atoms with Crippen molar-refractivity contribution in [2.75, 3.05) is 18.1 Å². The number of rotatable bonds is 3. The molecule has 0 bridgehead atoms. The van der Waals surface area contributed by atoms with Crippen molar-refractivity contribution in [1.29, 1.82) is 0 Å². The summed E-state index contributed by atoms with van der Waals surface area (Å²) in [7, 11) is 1.57. The average Bonchev–Trinajstić information content (AvgIpc) is 3.22. The number of anilines is 2. The van der Waals surface area contributed by atoms with Crippen molar-refractivity contribution >= 4 is 49.6 Å². The highest BCUT2D eigenvalue weighted by atomic mass is 32.1. The summed E-state index contributed by atoms with van der Waals surface area (Å²) in [6.45, 7) is 4.20. The van der Waals surface area contributed by atoms with Crippen LogP contribution >= 0.6 is 11.3 Å². The van der Waals surface area contributed by atoms with Crippen LogP contribution in [0.15, 0.2) is 30.7 Å². The Morgan fingerprint density at radius 1 is 1.29 bits per heavy atom. The molecule has 3 heterocycles. The van der Waals surface area contributed by atoms with E-state index in [0.717, 1.165) is 32.4 Å². The van der Waals surface area contributed by atoms with Gasteiger partial charge in [0.2, 0.25) is 0 Å². The fourth-order valence-electron chi connectivity index (χ4n) is 3.03. The molecule has 0 fully saturated rings. The highest BCUT2D eigenvalue weighted by Gasteiger charge is 2.17. The quantitative estimate of drug-likeness (QED) is 0.478. The summed E-state index contributed by atoms with van der Waals surface area (Å²) in [6.07, 6.45) is 3.55. The largest absolute Gasteiger partial charge is 0.383 e. The van der Waals surface area contributed by atoms with Gasteiger partial charge in [0.1, 0.15) is 17.8 Å². The molecular weight excluding hydrogens is 374 g/mol. The van der Waals surface area contributed by atoms with Gasteiger partial charge in [-0.2, -0.15) is 0 Å². The second-order valence-corrected chi connectivity index (χ2v) is 7.44. The van der Waals surface area contributed by atoms with E-state index in [1.807, 2.05) is 18.2 Å². The summed E-state index contributed by atoms with van der Waals surface area (Å²) in [5, 5.41) is 6.63. The number of amides is 2. The summed E-state index contributed by atoms with van der Waals surface area (Å²) < 4.78 is 3.07. The highest BCUT2D eigenvalue weighted by Crippen LogP contribution is 2.37. The third kappa shape index (κ3) is 3.24. The number of aromatic nitrogens is 4. The number of nitrogens with two attached hydrogens (primary N) is 1. The van der Waals surface area contributed by atoms with Gasteiger partial charge < -0.3 is 15.6 Å². The highest BCUT2D eigenvalue weighted by molar-refractivity contribution is 7.22. The van der Waals surface area contributed by atoms with Crippen LogP contribution in [0.4, 0.5) is 15.7 Å². The normalized spacial score (nSPS) is 11.0. The van der Waals surface area contributed by atoms with Gasteiger partial charge in [-0.05, 0) is 31.5 Å². The van der Waals surface area contributed by atoms with E-state index in [1.54, 1.807) is 7.05 Å². The molecule has 0 radical (unpaired) electrons. The van der Waals surface area contributed by atoms with E-state index in [-0.39, 0.29) is 19.5 Å². The topological polar surface area (TPSA) is 111 Å². The van der Waals surface area contributed by atoms with Gasteiger partial charge in [-0.3, -0.25) is 5.32 Å². The number of urea groups is 1. The lowest BCUT2D eigenvalue weighted by molar-refractivity contribution is 0.254. The molecule has 3 aromatic heterocycles. The van der Waals surface area contributed by atoms with Crippen LogP contribution in [-0.2, 0) is 0 Å². The van der Waals surface area contributed by atoms with Gasteiger partial charge in [0.05, 0.1) is 15.6 Å². The van der Waals surface area contributed by atoms with Crippen LogP contribution in [0.1, 0.15) is 27.3 Å². The third-order valence-electron chi connectivity index (χ3n) is 4.34. The molecule has 0 aliphatic heterocycles. The molecule has 4 N–H and O–H groups in total. The third-order valence-corrected chi connectivity index (χ3v) is 5.28. The minimum atomic E-state index is -0.292. The zero-order chi connectivity index (χ0) is 19.1. The maximum atomic E-state index is 11.5. The molecule has 9 heteroatoms. The molecule has 2 amide bonds. The van der Waals surface area contributed by atoms with E-state index >= 15 is 0 Å². The van der Waals surface area contributed by atoms with E-state index < -0.39 is 0 Å². The Bertz CT molecular complexity index is 1160. The van der Waals surface area contributed by atoms with Gasteiger partial charge in [-0.15, -0.1) is 0 Å².